The summed E-state index contributed by atoms with van der Waals surface area (Å²) in [5.41, 5.74) is 0.866. The molecule has 34 heavy (non-hydrogen) atoms. The number of aromatic nitrogens is 1. The number of nitrogens with zero attached hydrogens (tertiary/aromatic N) is 4. The minimum Gasteiger partial charge on any atom is -0.302 e. The second-order valence-electron chi connectivity index (χ2n) is 8.24. The highest BCUT2D eigenvalue weighted by atomic mass is 35.5. The van der Waals surface area contributed by atoms with Gasteiger partial charge in [0, 0.05) is 26.2 Å². The number of hydrogen-bond donors (Lipinski definition) is 0. The summed E-state index contributed by atoms with van der Waals surface area (Å²) in [5.74, 6) is -0.474. The topological polar surface area (TPSA) is 73.8 Å². The van der Waals surface area contributed by atoms with Crippen molar-refractivity contribution < 1.29 is 13.2 Å². The fourth-order valence-electron chi connectivity index (χ4n) is 4.20. The normalized spacial score (nSPS) is 17.5. The first-order valence-electron chi connectivity index (χ1n) is 11.5. The van der Waals surface area contributed by atoms with Crippen LogP contribution in [0.1, 0.15) is 26.7 Å². The number of thiophene rings is 1. The van der Waals surface area contributed by atoms with E-state index >= 15 is 0 Å². The van der Waals surface area contributed by atoms with Crippen molar-refractivity contribution in [1.29, 1.82) is 0 Å². The lowest BCUT2D eigenvalue weighted by Gasteiger charge is -2.34. The molecule has 1 unspecified atom stereocenters. The van der Waals surface area contributed by atoms with Crippen LogP contribution in [0.3, 0.4) is 0 Å². The number of likely N-dealkylation sites (N-methyl/N-ethyl adjacent to an activating group) is 1. The van der Waals surface area contributed by atoms with Crippen LogP contribution in [0.4, 0.5) is 5.13 Å². The molecule has 3 heterocycles. The van der Waals surface area contributed by atoms with Gasteiger partial charge in [-0.2, -0.15) is 4.31 Å². The molecule has 0 spiro atoms. The van der Waals surface area contributed by atoms with Crippen molar-refractivity contribution in [3.8, 4) is 0 Å². The van der Waals surface area contributed by atoms with Gasteiger partial charge in [-0.3, -0.25) is 9.69 Å². The molecule has 0 N–H and O–H groups in total. The molecule has 1 aromatic carbocycles. The molecule has 1 saturated heterocycles. The van der Waals surface area contributed by atoms with E-state index in [4.69, 9.17) is 16.6 Å². The number of piperidine rings is 1. The molecule has 1 fully saturated rings. The maximum atomic E-state index is 13.8. The van der Waals surface area contributed by atoms with Crippen LogP contribution in [0, 0.1) is 5.92 Å². The van der Waals surface area contributed by atoms with Crippen molar-refractivity contribution in [2.24, 2.45) is 5.92 Å². The summed E-state index contributed by atoms with van der Waals surface area (Å²) in [6, 6.07) is 11.0. The Hall–Kier alpha value is -1.56. The van der Waals surface area contributed by atoms with Crippen molar-refractivity contribution in [2.75, 3.05) is 44.2 Å². The summed E-state index contributed by atoms with van der Waals surface area (Å²) in [7, 11) is -3.68. The number of benzene rings is 1. The molecule has 1 amide bonds. The number of sulfonamides is 1. The lowest BCUT2D eigenvalue weighted by Crippen LogP contribution is -2.48. The average molecular weight is 541 g/mol. The summed E-state index contributed by atoms with van der Waals surface area (Å²) in [6.07, 6.45) is 1.29. The maximum Gasteiger partial charge on any atom is 0.252 e. The molecule has 2 aromatic heterocycles. The van der Waals surface area contributed by atoms with E-state index in [0.717, 1.165) is 41.2 Å². The van der Waals surface area contributed by atoms with Crippen LogP contribution < -0.4 is 4.90 Å². The van der Waals surface area contributed by atoms with Crippen LogP contribution in [-0.4, -0.2) is 67.8 Å². The fourth-order valence-corrected chi connectivity index (χ4v) is 8.36. The summed E-state index contributed by atoms with van der Waals surface area (Å²) in [5, 5.41) is 0.670. The molecule has 11 heteroatoms. The van der Waals surface area contributed by atoms with Gasteiger partial charge in [0.2, 0.25) is 5.91 Å². The second-order valence-corrected chi connectivity index (χ2v) is 13.1. The van der Waals surface area contributed by atoms with Gasteiger partial charge in [0.25, 0.3) is 10.0 Å². The van der Waals surface area contributed by atoms with E-state index in [-0.39, 0.29) is 16.7 Å². The van der Waals surface area contributed by atoms with Crippen molar-refractivity contribution in [2.45, 2.75) is 30.9 Å². The zero-order valence-electron chi connectivity index (χ0n) is 19.3. The Morgan fingerprint density at radius 1 is 1.15 bits per heavy atom. The number of fused-ring (bicyclic) bond motifs is 1. The fraction of sp³-hybridized carbons (Fsp3) is 0.478. The molecular weight excluding hydrogens is 512 g/mol. The van der Waals surface area contributed by atoms with Crippen LogP contribution in [0.25, 0.3) is 10.2 Å². The zero-order chi connectivity index (χ0) is 24.3. The minimum atomic E-state index is -3.68. The molecule has 0 radical (unpaired) electrons. The first-order valence-corrected chi connectivity index (χ1v) is 14.9. The number of carbonyl (C=O) groups excluding carboxylic acids is 1. The maximum absolute atomic E-state index is 13.8. The van der Waals surface area contributed by atoms with Crippen molar-refractivity contribution in [1.82, 2.24) is 14.2 Å². The Kier molecular flexibility index (Phi) is 8.27. The van der Waals surface area contributed by atoms with E-state index in [9.17, 15) is 13.2 Å². The second kappa shape index (κ2) is 11.0. The highest BCUT2D eigenvalue weighted by molar-refractivity contribution is 7.91. The molecule has 184 valence electrons. The van der Waals surface area contributed by atoms with E-state index in [0.29, 0.717) is 35.4 Å². The van der Waals surface area contributed by atoms with E-state index in [1.807, 2.05) is 24.3 Å². The third-order valence-electron chi connectivity index (χ3n) is 6.19. The predicted octanol–water partition coefficient (Wildman–Crippen LogP) is 4.79. The summed E-state index contributed by atoms with van der Waals surface area (Å²) >= 11 is 8.52. The number of thiazole rings is 1. The van der Waals surface area contributed by atoms with Gasteiger partial charge in [-0.1, -0.05) is 48.9 Å². The van der Waals surface area contributed by atoms with Crippen LogP contribution in [-0.2, 0) is 14.8 Å². The Morgan fingerprint density at radius 3 is 2.59 bits per heavy atom. The molecule has 0 aliphatic carbocycles. The van der Waals surface area contributed by atoms with Gasteiger partial charge in [-0.15, -0.1) is 11.3 Å². The molecule has 0 bridgehead atoms. The van der Waals surface area contributed by atoms with E-state index < -0.39 is 15.9 Å². The Bertz CT molecular complexity index is 1210. The molecule has 4 rings (SSSR count). The van der Waals surface area contributed by atoms with E-state index in [2.05, 4.69) is 18.7 Å². The first-order chi connectivity index (χ1) is 16.3. The summed E-state index contributed by atoms with van der Waals surface area (Å²) in [4.78, 5) is 22.6. The van der Waals surface area contributed by atoms with E-state index in [1.54, 1.807) is 11.0 Å². The Morgan fingerprint density at radius 2 is 1.91 bits per heavy atom. The van der Waals surface area contributed by atoms with Crippen LogP contribution in [0.2, 0.25) is 4.34 Å². The number of carbonyl (C=O) groups is 1. The molecule has 1 aliphatic heterocycles. The standard InChI is InChI=1S/C23H29ClN4O3S3/c1-3-26(4-2)14-15-28(23-25-18-9-5-6-10-19(18)32-23)22(29)17-8-7-13-27(16-17)34(30,31)21-12-11-20(24)33-21/h5-6,9-12,17H,3-4,7-8,13-16H2,1-2H3. The van der Waals surface area contributed by atoms with Crippen LogP contribution in [0.5, 0.6) is 0 Å². The van der Waals surface area contributed by atoms with E-state index in [1.165, 1.54) is 21.7 Å². The highest BCUT2D eigenvalue weighted by Gasteiger charge is 2.36. The molecular formula is C23H29ClN4O3S3. The third-order valence-corrected chi connectivity index (χ3v) is 10.8. The van der Waals surface area contributed by atoms with Crippen molar-refractivity contribution in [3.63, 3.8) is 0 Å². The van der Waals surface area contributed by atoms with Gasteiger partial charge in [-0.05, 0) is 50.2 Å². The van der Waals surface area contributed by atoms with Crippen molar-refractivity contribution in [3.05, 3.63) is 40.7 Å². The number of anilines is 1. The Labute approximate surface area is 214 Å². The van der Waals surface area contributed by atoms with Gasteiger partial charge < -0.3 is 4.90 Å². The average Bonchev–Trinajstić information content (AvgIpc) is 3.48. The number of amides is 1. The smallest absolute Gasteiger partial charge is 0.252 e. The molecule has 0 saturated carbocycles. The SMILES string of the molecule is CCN(CC)CCN(C(=O)C1CCCN(S(=O)(=O)c2ccc(Cl)s2)C1)c1nc2ccccc2s1. The number of halogens is 1. The highest BCUT2D eigenvalue weighted by Crippen LogP contribution is 2.33. The van der Waals surface area contributed by atoms with Crippen LogP contribution >= 0.6 is 34.3 Å². The number of rotatable bonds is 9. The van der Waals surface area contributed by atoms with Gasteiger partial charge in [0.1, 0.15) is 4.21 Å². The van der Waals surface area contributed by atoms with Crippen molar-refractivity contribution >= 4 is 65.6 Å². The molecule has 1 aliphatic rings. The summed E-state index contributed by atoms with van der Waals surface area (Å²) < 4.78 is 29.4. The third kappa shape index (κ3) is 5.47. The minimum absolute atomic E-state index is 0.0599. The first kappa shape index (κ1) is 25.5. The largest absolute Gasteiger partial charge is 0.302 e. The number of para-hydroxylation sites is 1. The lowest BCUT2D eigenvalue weighted by molar-refractivity contribution is -0.123. The Balaban J connectivity index is 1.58. The van der Waals surface area contributed by atoms with Gasteiger partial charge in [0.15, 0.2) is 5.13 Å². The van der Waals surface area contributed by atoms with Gasteiger partial charge >= 0.3 is 0 Å². The predicted molar refractivity (Wildman–Crippen MR) is 141 cm³/mol. The molecule has 7 nitrogen and oxygen atoms in total. The summed E-state index contributed by atoms with van der Waals surface area (Å²) in [6.45, 7) is 7.84. The monoisotopic (exact) mass is 540 g/mol. The molecule has 1 atom stereocenters. The van der Waals surface area contributed by atoms with Gasteiger partial charge in [0.05, 0.1) is 20.5 Å². The van der Waals surface area contributed by atoms with Gasteiger partial charge in [-0.25, -0.2) is 13.4 Å². The zero-order valence-corrected chi connectivity index (χ0v) is 22.5. The lowest BCUT2D eigenvalue weighted by atomic mass is 9.98. The molecule has 3 aromatic rings. The number of hydrogen-bond acceptors (Lipinski definition) is 7. The van der Waals surface area contributed by atoms with Crippen LogP contribution in [0.15, 0.2) is 40.6 Å². The quantitative estimate of drug-likeness (QED) is 0.390.